The lowest BCUT2D eigenvalue weighted by Crippen LogP contribution is -2.34. The molecular formula is C13H16F2N2O4S. The molecule has 0 aliphatic rings. The van der Waals surface area contributed by atoms with Crippen LogP contribution in [0.1, 0.15) is 36.1 Å². The lowest BCUT2D eigenvalue weighted by atomic mass is 10.1. The highest BCUT2D eigenvalue weighted by Gasteiger charge is 2.24. The van der Waals surface area contributed by atoms with Crippen molar-refractivity contribution in [3.8, 4) is 0 Å². The van der Waals surface area contributed by atoms with Crippen LogP contribution in [-0.2, 0) is 16.4 Å². The van der Waals surface area contributed by atoms with Gasteiger partial charge in [0.05, 0.1) is 5.69 Å². The van der Waals surface area contributed by atoms with Crippen molar-refractivity contribution >= 4 is 10.0 Å². The number of nitrogens with one attached hydrogen (secondary N) is 1. The Balaban J connectivity index is 2.11. The fourth-order valence-corrected chi connectivity index (χ4v) is 3.24. The number of halogens is 2. The molecule has 0 saturated heterocycles. The van der Waals surface area contributed by atoms with Crippen molar-refractivity contribution in [1.82, 2.24) is 9.88 Å². The number of sulfonamides is 1. The second kappa shape index (κ2) is 6.17. The fourth-order valence-electron chi connectivity index (χ4n) is 2.06. The highest BCUT2D eigenvalue weighted by Crippen LogP contribution is 2.24. The third kappa shape index (κ3) is 3.53. The molecule has 0 spiro atoms. The molecule has 0 aromatic carbocycles. The number of hydrogen-bond acceptors (Lipinski definition) is 5. The minimum absolute atomic E-state index is 0.364. The quantitative estimate of drug-likeness (QED) is 0.878. The van der Waals surface area contributed by atoms with E-state index in [2.05, 4.69) is 14.3 Å². The Morgan fingerprint density at radius 1 is 1.32 bits per heavy atom. The SMILES string of the molecule is Cc1noc(C)c1CC(C)NS(=O)(=O)c1ccc(C(F)F)o1. The molecule has 0 bridgehead atoms. The van der Waals surface area contributed by atoms with Crippen molar-refractivity contribution in [3.63, 3.8) is 0 Å². The van der Waals surface area contributed by atoms with E-state index < -0.39 is 33.3 Å². The standard InChI is InChI=1S/C13H16F2N2O4S/c1-7(6-10-8(2)16-21-9(10)3)17-22(18,19)12-5-4-11(20-12)13(14)15/h4-5,7,13,17H,6H2,1-3H3. The molecule has 2 rings (SSSR count). The summed E-state index contributed by atoms with van der Waals surface area (Å²) >= 11 is 0. The lowest BCUT2D eigenvalue weighted by Gasteiger charge is -2.12. The van der Waals surface area contributed by atoms with Crippen molar-refractivity contribution in [1.29, 1.82) is 0 Å². The molecule has 2 aromatic rings. The molecule has 1 atom stereocenters. The molecule has 0 fully saturated rings. The Morgan fingerprint density at radius 3 is 2.50 bits per heavy atom. The lowest BCUT2D eigenvalue weighted by molar-refractivity contribution is 0.116. The zero-order valence-electron chi connectivity index (χ0n) is 12.3. The predicted octanol–water partition coefficient (Wildman–Crippen LogP) is 2.73. The number of aryl methyl sites for hydroxylation is 2. The second-order valence-corrected chi connectivity index (χ2v) is 6.63. The Kier molecular flexibility index (Phi) is 4.66. The topological polar surface area (TPSA) is 85.3 Å². The molecular weight excluding hydrogens is 318 g/mol. The monoisotopic (exact) mass is 334 g/mol. The summed E-state index contributed by atoms with van der Waals surface area (Å²) in [5.74, 6) is -0.0692. The van der Waals surface area contributed by atoms with E-state index in [9.17, 15) is 17.2 Å². The van der Waals surface area contributed by atoms with Gasteiger partial charge in [-0.2, -0.15) is 0 Å². The Morgan fingerprint density at radius 2 is 2.00 bits per heavy atom. The Labute approximate surface area is 126 Å². The van der Waals surface area contributed by atoms with E-state index in [-0.39, 0.29) is 0 Å². The summed E-state index contributed by atoms with van der Waals surface area (Å²) in [7, 11) is -4.00. The first-order valence-electron chi connectivity index (χ1n) is 6.52. The van der Waals surface area contributed by atoms with Crippen LogP contribution in [0.5, 0.6) is 0 Å². The zero-order valence-corrected chi connectivity index (χ0v) is 13.1. The number of rotatable bonds is 6. The van der Waals surface area contributed by atoms with Gasteiger partial charge in [-0.1, -0.05) is 5.16 Å². The van der Waals surface area contributed by atoms with E-state index in [4.69, 9.17) is 4.52 Å². The van der Waals surface area contributed by atoms with Crippen LogP contribution in [0, 0.1) is 13.8 Å². The number of aromatic nitrogens is 1. The predicted molar refractivity (Wildman–Crippen MR) is 73.1 cm³/mol. The zero-order chi connectivity index (χ0) is 16.5. The summed E-state index contributed by atoms with van der Waals surface area (Å²) in [5.41, 5.74) is 1.49. The van der Waals surface area contributed by atoms with Gasteiger partial charge in [-0.3, -0.25) is 0 Å². The van der Waals surface area contributed by atoms with E-state index in [1.807, 2.05) is 0 Å². The Bertz CT molecular complexity index is 732. The van der Waals surface area contributed by atoms with Gasteiger partial charge in [-0.25, -0.2) is 21.9 Å². The summed E-state index contributed by atoms with van der Waals surface area (Å²) < 4.78 is 61.1. The summed E-state index contributed by atoms with van der Waals surface area (Å²) in [6, 6.07) is 1.46. The van der Waals surface area contributed by atoms with Gasteiger partial charge in [0, 0.05) is 11.6 Å². The molecule has 2 heterocycles. The normalized spacial score (nSPS) is 13.7. The van der Waals surface area contributed by atoms with Gasteiger partial charge in [0.25, 0.3) is 16.4 Å². The first-order chi connectivity index (χ1) is 10.2. The third-order valence-corrected chi connectivity index (χ3v) is 4.59. The molecule has 0 amide bonds. The maximum Gasteiger partial charge on any atom is 0.295 e. The largest absolute Gasteiger partial charge is 0.442 e. The van der Waals surface area contributed by atoms with E-state index in [1.165, 1.54) is 0 Å². The van der Waals surface area contributed by atoms with Gasteiger partial charge in [-0.05, 0) is 39.3 Å². The fraction of sp³-hybridized carbons (Fsp3) is 0.462. The molecule has 0 aliphatic carbocycles. The van der Waals surface area contributed by atoms with Gasteiger partial charge in [0.15, 0.2) is 5.76 Å². The Hall–Kier alpha value is -1.74. The summed E-state index contributed by atoms with van der Waals surface area (Å²) in [4.78, 5) is 0. The molecule has 0 saturated carbocycles. The number of hydrogen-bond donors (Lipinski definition) is 1. The van der Waals surface area contributed by atoms with Crippen LogP contribution in [0.3, 0.4) is 0 Å². The molecule has 22 heavy (non-hydrogen) atoms. The van der Waals surface area contributed by atoms with Gasteiger partial charge < -0.3 is 8.94 Å². The summed E-state index contributed by atoms with van der Waals surface area (Å²) in [6.45, 7) is 5.15. The highest BCUT2D eigenvalue weighted by molar-refractivity contribution is 7.89. The van der Waals surface area contributed by atoms with E-state index in [0.29, 0.717) is 17.9 Å². The van der Waals surface area contributed by atoms with Gasteiger partial charge in [0.1, 0.15) is 5.76 Å². The van der Waals surface area contributed by atoms with Crippen molar-refractivity contribution in [3.05, 3.63) is 34.9 Å². The number of furan rings is 1. The third-order valence-electron chi connectivity index (χ3n) is 3.13. The van der Waals surface area contributed by atoms with Crippen LogP contribution < -0.4 is 4.72 Å². The van der Waals surface area contributed by atoms with Crippen LogP contribution >= 0.6 is 0 Å². The van der Waals surface area contributed by atoms with Crippen LogP contribution in [0.15, 0.2) is 26.2 Å². The van der Waals surface area contributed by atoms with Crippen molar-refractivity contribution < 1.29 is 26.1 Å². The first kappa shape index (κ1) is 16.6. The molecule has 2 aromatic heterocycles. The smallest absolute Gasteiger partial charge is 0.295 e. The van der Waals surface area contributed by atoms with Crippen molar-refractivity contribution in [2.24, 2.45) is 0 Å². The summed E-state index contributed by atoms with van der Waals surface area (Å²) in [5, 5.41) is 3.26. The first-order valence-corrected chi connectivity index (χ1v) is 8.01. The molecule has 1 N–H and O–H groups in total. The van der Waals surface area contributed by atoms with Crippen molar-refractivity contribution in [2.45, 2.75) is 44.8 Å². The molecule has 0 aliphatic heterocycles. The molecule has 0 radical (unpaired) electrons. The van der Waals surface area contributed by atoms with E-state index in [1.54, 1.807) is 20.8 Å². The minimum Gasteiger partial charge on any atom is -0.442 e. The van der Waals surface area contributed by atoms with Crippen LogP contribution in [0.4, 0.5) is 8.78 Å². The number of nitrogens with zero attached hydrogens (tertiary/aromatic N) is 1. The van der Waals surface area contributed by atoms with E-state index in [0.717, 1.165) is 17.7 Å². The highest BCUT2D eigenvalue weighted by atomic mass is 32.2. The maximum atomic E-state index is 12.4. The molecule has 1 unspecified atom stereocenters. The molecule has 9 heteroatoms. The maximum absolute atomic E-state index is 12.4. The minimum atomic E-state index is -4.00. The van der Waals surface area contributed by atoms with E-state index >= 15 is 0 Å². The van der Waals surface area contributed by atoms with Crippen LogP contribution in [0.2, 0.25) is 0 Å². The molecule has 6 nitrogen and oxygen atoms in total. The average molecular weight is 334 g/mol. The van der Waals surface area contributed by atoms with Gasteiger partial charge in [-0.15, -0.1) is 0 Å². The second-order valence-electron chi connectivity index (χ2n) is 4.99. The summed E-state index contributed by atoms with van der Waals surface area (Å²) in [6.07, 6.45) is -2.49. The van der Waals surface area contributed by atoms with Gasteiger partial charge in [0.2, 0.25) is 5.09 Å². The van der Waals surface area contributed by atoms with Crippen LogP contribution in [-0.4, -0.2) is 19.6 Å². The van der Waals surface area contributed by atoms with Gasteiger partial charge >= 0.3 is 0 Å². The van der Waals surface area contributed by atoms with Crippen LogP contribution in [0.25, 0.3) is 0 Å². The van der Waals surface area contributed by atoms with Crippen molar-refractivity contribution in [2.75, 3.05) is 0 Å². The molecule has 122 valence electrons. The number of alkyl halides is 2. The average Bonchev–Trinajstić information content (AvgIpc) is 3.01.